The van der Waals surface area contributed by atoms with Gasteiger partial charge in [0.25, 0.3) is 0 Å². The van der Waals surface area contributed by atoms with Crippen LogP contribution in [0.3, 0.4) is 0 Å². The zero-order valence-electron chi connectivity index (χ0n) is 11.3. The van der Waals surface area contributed by atoms with E-state index in [1.165, 1.54) is 19.3 Å². The van der Waals surface area contributed by atoms with E-state index in [2.05, 4.69) is 18.3 Å². The van der Waals surface area contributed by atoms with Crippen LogP contribution in [0.2, 0.25) is 0 Å². The van der Waals surface area contributed by atoms with Gasteiger partial charge in [-0.15, -0.1) is 0 Å². The number of hydrogen-bond donors (Lipinski definition) is 1. The number of amides is 1. The van der Waals surface area contributed by atoms with Crippen molar-refractivity contribution >= 4 is 5.91 Å². The standard InChI is InChI=1S/C15H22N2O/c1-10(8-16)17-13(18)15-6-11-3-12(7-15)5-14(2,4-11)9-15/h10-12H,3-7,9H2,1-2H3,(H,17,18). The van der Waals surface area contributed by atoms with Crippen LogP contribution in [0.1, 0.15) is 52.4 Å². The summed E-state index contributed by atoms with van der Waals surface area (Å²) in [5.41, 5.74) is 0.237. The van der Waals surface area contributed by atoms with E-state index in [0.29, 0.717) is 5.41 Å². The Morgan fingerprint density at radius 1 is 1.33 bits per heavy atom. The number of nitrogens with zero attached hydrogens (tertiary/aromatic N) is 1. The van der Waals surface area contributed by atoms with Gasteiger partial charge >= 0.3 is 0 Å². The average Bonchev–Trinajstić information content (AvgIpc) is 2.25. The lowest BCUT2D eigenvalue weighted by molar-refractivity contribution is -0.155. The van der Waals surface area contributed by atoms with Crippen LogP contribution in [0.15, 0.2) is 0 Å². The molecule has 3 atom stereocenters. The zero-order chi connectivity index (χ0) is 13.0. The van der Waals surface area contributed by atoms with Gasteiger partial charge in [0.1, 0.15) is 6.04 Å². The summed E-state index contributed by atoms with van der Waals surface area (Å²) in [4.78, 5) is 12.5. The van der Waals surface area contributed by atoms with Crippen molar-refractivity contribution in [3.8, 4) is 6.07 Å². The maximum atomic E-state index is 12.5. The van der Waals surface area contributed by atoms with E-state index in [4.69, 9.17) is 5.26 Å². The van der Waals surface area contributed by atoms with E-state index in [1.54, 1.807) is 6.92 Å². The first kappa shape index (κ1) is 12.0. The third kappa shape index (κ3) is 1.74. The lowest BCUT2D eigenvalue weighted by Crippen LogP contribution is -2.57. The van der Waals surface area contributed by atoms with Crippen molar-refractivity contribution in [2.24, 2.45) is 22.7 Å². The highest BCUT2D eigenvalue weighted by atomic mass is 16.2. The molecule has 0 aromatic rings. The van der Waals surface area contributed by atoms with Crippen molar-refractivity contribution in [3.63, 3.8) is 0 Å². The van der Waals surface area contributed by atoms with Crippen molar-refractivity contribution in [1.29, 1.82) is 5.26 Å². The van der Waals surface area contributed by atoms with Crippen LogP contribution in [0.5, 0.6) is 0 Å². The fourth-order valence-electron chi connectivity index (χ4n) is 5.37. The van der Waals surface area contributed by atoms with Crippen molar-refractivity contribution in [2.75, 3.05) is 0 Å². The first-order chi connectivity index (χ1) is 8.45. The second-order valence-electron chi connectivity index (χ2n) is 7.38. The smallest absolute Gasteiger partial charge is 0.227 e. The first-order valence-electron chi connectivity index (χ1n) is 7.15. The molecule has 0 aromatic heterocycles. The van der Waals surface area contributed by atoms with Crippen LogP contribution in [0.4, 0.5) is 0 Å². The molecule has 98 valence electrons. The zero-order valence-corrected chi connectivity index (χ0v) is 11.3. The Hall–Kier alpha value is -1.04. The molecule has 4 fully saturated rings. The summed E-state index contributed by atoms with van der Waals surface area (Å²) >= 11 is 0. The number of hydrogen-bond acceptors (Lipinski definition) is 2. The summed E-state index contributed by atoms with van der Waals surface area (Å²) in [6.45, 7) is 4.13. The molecule has 0 aliphatic heterocycles. The highest BCUT2D eigenvalue weighted by Gasteiger charge is 2.58. The van der Waals surface area contributed by atoms with Gasteiger partial charge in [-0.2, -0.15) is 5.26 Å². The van der Waals surface area contributed by atoms with Crippen molar-refractivity contribution in [3.05, 3.63) is 0 Å². The van der Waals surface area contributed by atoms with Gasteiger partial charge in [0.05, 0.1) is 11.5 Å². The monoisotopic (exact) mass is 246 g/mol. The molecule has 3 unspecified atom stereocenters. The van der Waals surface area contributed by atoms with Gasteiger partial charge in [-0.1, -0.05) is 6.92 Å². The Balaban J connectivity index is 1.83. The minimum atomic E-state index is -0.363. The van der Waals surface area contributed by atoms with E-state index in [-0.39, 0.29) is 17.4 Å². The largest absolute Gasteiger partial charge is 0.340 e. The third-order valence-electron chi connectivity index (χ3n) is 5.38. The number of nitrogens with one attached hydrogen (secondary N) is 1. The van der Waals surface area contributed by atoms with Crippen LogP contribution < -0.4 is 5.32 Å². The molecule has 4 aliphatic rings. The number of carbonyl (C=O) groups is 1. The second kappa shape index (κ2) is 3.73. The Morgan fingerprint density at radius 3 is 2.44 bits per heavy atom. The predicted molar refractivity (Wildman–Crippen MR) is 68.4 cm³/mol. The molecular formula is C15H22N2O. The van der Waals surface area contributed by atoms with Gasteiger partial charge in [0.15, 0.2) is 0 Å². The molecule has 3 nitrogen and oxygen atoms in total. The molecule has 1 N–H and O–H groups in total. The summed E-state index contributed by atoms with van der Waals surface area (Å²) in [6, 6.07) is 1.74. The molecule has 18 heavy (non-hydrogen) atoms. The quantitative estimate of drug-likeness (QED) is 0.814. The predicted octanol–water partition coefficient (Wildman–Crippen LogP) is 2.62. The van der Waals surface area contributed by atoms with Crippen LogP contribution in [-0.4, -0.2) is 11.9 Å². The number of carbonyl (C=O) groups excluding carboxylic acids is 1. The summed E-state index contributed by atoms with van der Waals surface area (Å²) in [7, 11) is 0. The Morgan fingerprint density at radius 2 is 1.94 bits per heavy atom. The Kier molecular flexibility index (Phi) is 2.49. The molecule has 0 aromatic carbocycles. The summed E-state index contributed by atoms with van der Waals surface area (Å²) in [6.07, 6.45) is 7.11. The van der Waals surface area contributed by atoms with Gasteiger partial charge in [-0.25, -0.2) is 0 Å². The molecule has 4 bridgehead atoms. The molecule has 4 rings (SSSR count). The Bertz CT molecular complexity index is 409. The minimum Gasteiger partial charge on any atom is -0.340 e. The van der Waals surface area contributed by atoms with E-state index < -0.39 is 0 Å². The molecule has 4 saturated carbocycles. The van der Waals surface area contributed by atoms with Crippen molar-refractivity contribution in [1.82, 2.24) is 5.32 Å². The topological polar surface area (TPSA) is 52.9 Å². The Labute approximate surface area is 109 Å². The van der Waals surface area contributed by atoms with Gasteiger partial charge in [-0.3, -0.25) is 4.79 Å². The molecule has 3 heteroatoms. The number of nitriles is 1. The fraction of sp³-hybridized carbons (Fsp3) is 0.867. The molecule has 4 aliphatic carbocycles. The minimum absolute atomic E-state index is 0.149. The molecule has 1 amide bonds. The maximum absolute atomic E-state index is 12.5. The van der Waals surface area contributed by atoms with Crippen LogP contribution in [0.25, 0.3) is 0 Å². The molecule has 0 radical (unpaired) electrons. The van der Waals surface area contributed by atoms with E-state index in [0.717, 1.165) is 31.1 Å². The van der Waals surface area contributed by atoms with Gasteiger partial charge in [0.2, 0.25) is 5.91 Å². The van der Waals surface area contributed by atoms with Crippen molar-refractivity contribution < 1.29 is 4.79 Å². The van der Waals surface area contributed by atoms with E-state index in [9.17, 15) is 4.79 Å². The summed E-state index contributed by atoms with van der Waals surface area (Å²) < 4.78 is 0. The molecular weight excluding hydrogens is 224 g/mol. The SMILES string of the molecule is CC(C#N)NC(=O)C12CC3CC(CC(C)(C3)C1)C2. The lowest BCUT2D eigenvalue weighted by Gasteiger charge is -2.60. The van der Waals surface area contributed by atoms with Crippen molar-refractivity contribution in [2.45, 2.75) is 58.4 Å². The normalized spacial score (nSPS) is 46.5. The summed E-state index contributed by atoms with van der Waals surface area (Å²) in [5.74, 6) is 1.65. The van der Waals surface area contributed by atoms with Gasteiger partial charge < -0.3 is 5.32 Å². The van der Waals surface area contributed by atoms with Crippen LogP contribution in [-0.2, 0) is 4.79 Å². The van der Waals surface area contributed by atoms with E-state index >= 15 is 0 Å². The first-order valence-corrected chi connectivity index (χ1v) is 7.15. The molecule has 0 saturated heterocycles. The lowest BCUT2D eigenvalue weighted by atomic mass is 9.44. The number of rotatable bonds is 2. The van der Waals surface area contributed by atoms with Gasteiger partial charge in [-0.05, 0) is 62.7 Å². The third-order valence-corrected chi connectivity index (χ3v) is 5.38. The fourth-order valence-corrected chi connectivity index (χ4v) is 5.37. The highest BCUT2D eigenvalue weighted by Crippen LogP contribution is 2.65. The average molecular weight is 246 g/mol. The highest BCUT2D eigenvalue weighted by molar-refractivity contribution is 5.83. The van der Waals surface area contributed by atoms with Crippen LogP contribution in [0, 0.1) is 34.0 Å². The second-order valence-corrected chi connectivity index (χ2v) is 7.38. The molecule has 0 spiro atoms. The summed E-state index contributed by atoms with van der Waals surface area (Å²) in [5, 5.41) is 11.8. The molecule has 0 heterocycles. The van der Waals surface area contributed by atoms with Gasteiger partial charge in [0, 0.05) is 0 Å². The maximum Gasteiger partial charge on any atom is 0.227 e. The van der Waals surface area contributed by atoms with E-state index in [1.807, 2.05) is 0 Å². The van der Waals surface area contributed by atoms with Crippen LogP contribution >= 0.6 is 0 Å².